The predicted octanol–water partition coefficient (Wildman–Crippen LogP) is 3.24. The van der Waals surface area contributed by atoms with Crippen LogP contribution in [0.4, 0.5) is 13.2 Å². The molecule has 5 nitrogen and oxygen atoms in total. The number of rotatable bonds is 3. The van der Waals surface area contributed by atoms with Crippen molar-refractivity contribution >= 4 is 11.9 Å². The number of ether oxygens (including phenoxy) is 1. The van der Waals surface area contributed by atoms with Crippen molar-refractivity contribution < 1.29 is 22.7 Å². The van der Waals surface area contributed by atoms with Crippen molar-refractivity contribution in [3.05, 3.63) is 47.8 Å². The summed E-state index contributed by atoms with van der Waals surface area (Å²) in [5.41, 5.74) is -0.540. The van der Waals surface area contributed by atoms with Gasteiger partial charge in [0, 0.05) is 11.6 Å². The van der Waals surface area contributed by atoms with Gasteiger partial charge in [0.2, 0.25) is 0 Å². The Morgan fingerprint density at radius 3 is 2.43 bits per heavy atom. The third kappa shape index (κ3) is 2.75. The van der Waals surface area contributed by atoms with Crippen molar-refractivity contribution in [3.8, 4) is 17.0 Å². The highest BCUT2D eigenvalue weighted by Crippen LogP contribution is 2.32. The highest BCUT2D eigenvalue weighted by Gasteiger charge is 2.35. The van der Waals surface area contributed by atoms with Crippen LogP contribution in [-0.2, 0) is 6.18 Å². The molecule has 0 aliphatic carbocycles. The minimum atomic E-state index is -4.63. The van der Waals surface area contributed by atoms with Gasteiger partial charge in [-0.25, -0.2) is 9.50 Å². The molecule has 2 heterocycles. The Kier molecular flexibility index (Phi) is 3.51. The second-order valence-corrected chi connectivity index (χ2v) is 4.71. The second-order valence-electron chi connectivity index (χ2n) is 4.71. The van der Waals surface area contributed by atoms with Crippen LogP contribution in [0.3, 0.4) is 0 Å². The van der Waals surface area contributed by atoms with Gasteiger partial charge in [-0.05, 0) is 30.3 Å². The molecule has 118 valence electrons. The van der Waals surface area contributed by atoms with Crippen molar-refractivity contribution in [2.75, 3.05) is 7.11 Å². The van der Waals surface area contributed by atoms with Gasteiger partial charge in [0.1, 0.15) is 11.4 Å². The molecule has 0 fully saturated rings. The molecule has 0 unspecified atom stereocenters. The topological polar surface area (TPSA) is 56.5 Å². The molecule has 0 spiro atoms. The summed E-state index contributed by atoms with van der Waals surface area (Å²) in [4.78, 5) is 14.9. The van der Waals surface area contributed by atoms with Crippen LogP contribution in [0.5, 0.6) is 5.75 Å². The van der Waals surface area contributed by atoms with Crippen LogP contribution in [0.1, 0.15) is 16.2 Å². The number of carbonyl (C=O) groups is 1. The molecule has 0 atom stereocenters. The van der Waals surface area contributed by atoms with Crippen LogP contribution >= 0.6 is 0 Å². The molecule has 3 aromatic rings. The SMILES string of the molecule is COc1ccc(-c2cc(C(F)(F)F)n3nc(C=O)cc3n2)cc1. The molecular formula is C15H10F3N3O2. The number of benzene rings is 1. The van der Waals surface area contributed by atoms with Crippen molar-refractivity contribution in [1.29, 1.82) is 0 Å². The van der Waals surface area contributed by atoms with Gasteiger partial charge >= 0.3 is 6.18 Å². The van der Waals surface area contributed by atoms with Crippen LogP contribution in [0.15, 0.2) is 36.4 Å². The van der Waals surface area contributed by atoms with Crippen molar-refractivity contribution in [2.45, 2.75) is 6.18 Å². The van der Waals surface area contributed by atoms with Crippen molar-refractivity contribution in [3.63, 3.8) is 0 Å². The standard InChI is InChI=1S/C15H10F3N3O2/c1-23-11-4-2-9(3-5-11)12-7-13(15(16,17)18)21-14(19-12)6-10(8-22)20-21/h2-8H,1H3. The molecule has 3 rings (SSSR count). The summed E-state index contributed by atoms with van der Waals surface area (Å²) < 4.78 is 45.4. The minimum Gasteiger partial charge on any atom is -0.497 e. The summed E-state index contributed by atoms with van der Waals surface area (Å²) in [6.07, 6.45) is -4.25. The summed E-state index contributed by atoms with van der Waals surface area (Å²) in [5.74, 6) is 0.582. The van der Waals surface area contributed by atoms with Gasteiger partial charge in [-0.15, -0.1) is 0 Å². The molecule has 0 amide bonds. The van der Waals surface area contributed by atoms with Gasteiger partial charge in [0.25, 0.3) is 0 Å². The largest absolute Gasteiger partial charge is 0.497 e. The van der Waals surface area contributed by atoms with Crippen LogP contribution in [0.2, 0.25) is 0 Å². The molecule has 0 aliphatic rings. The lowest BCUT2D eigenvalue weighted by atomic mass is 10.1. The maximum atomic E-state index is 13.2. The minimum absolute atomic E-state index is 0.0484. The normalized spacial score (nSPS) is 11.7. The van der Waals surface area contributed by atoms with E-state index < -0.39 is 11.9 Å². The quantitative estimate of drug-likeness (QED) is 0.695. The molecule has 8 heteroatoms. The van der Waals surface area contributed by atoms with Gasteiger partial charge < -0.3 is 4.74 Å². The van der Waals surface area contributed by atoms with E-state index in [0.717, 1.165) is 6.07 Å². The number of hydrogen-bond donors (Lipinski definition) is 0. The Morgan fingerprint density at radius 2 is 1.87 bits per heavy atom. The third-order valence-electron chi connectivity index (χ3n) is 3.24. The van der Waals surface area contributed by atoms with Crippen LogP contribution in [-0.4, -0.2) is 28.0 Å². The molecule has 0 radical (unpaired) electrons. The highest BCUT2D eigenvalue weighted by molar-refractivity contribution is 5.75. The Morgan fingerprint density at radius 1 is 1.17 bits per heavy atom. The number of carbonyl (C=O) groups excluding carboxylic acids is 1. The van der Waals surface area contributed by atoms with Crippen molar-refractivity contribution in [1.82, 2.24) is 14.6 Å². The number of aromatic nitrogens is 3. The molecule has 0 bridgehead atoms. The highest BCUT2D eigenvalue weighted by atomic mass is 19.4. The number of hydrogen-bond acceptors (Lipinski definition) is 4. The van der Waals surface area contributed by atoms with E-state index in [4.69, 9.17) is 4.74 Å². The summed E-state index contributed by atoms with van der Waals surface area (Å²) in [6.45, 7) is 0. The van der Waals surface area contributed by atoms with Gasteiger partial charge in [0.15, 0.2) is 17.6 Å². The molecule has 23 heavy (non-hydrogen) atoms. The first-order chi connectivity index (χ1) is 10.9. The zero-order chi connectivity index (χ0) is 16.6. The summed E-state index contributed by atoms with van der Waals surface area (Å²) in [6, 6.07) is 8.57. The fraction of sp³-hybridized carbons (Fsp3) is 0.133. The molecule has 0 saturated carbocycles. The fourth-order valence-corrected chi connectivity index (χ4v) is 2.16. The number of alkyl halides is 3. The Hall–Kier alpha value is -2.90. The molecule has 0 saturated heterocycles. The molecule has 0 aliphatic heterocycles. The van der Waals surface area contributed by atoms with E-state index in [9.17, 15) is 18.0 Å². The lowest BCUT2D eigenvalue weighted by Crippen LogP contribution is -2.13. The van der Waals surface area contributed by atoms with E-state index in [-0.39, 0.29) is 17.0 Å². The van der Waals surface area contributed by atoms with Crippen LogP contribution in [0, 0.1) is 0 Å². The zero-order valence-electron chi connectivity index (χ0n) is 11.8. The van der Waals surface area contributed by atoms with E-state index in [1.807, 2.05) is 0 Å². The van der Waals surface area contributed by atoms with Gasteiger partial charge in [-0.2, -0.15) is 18.3 Å². The molecule has 2 aromatic heterocycles. The Labute approximate surface area is 128 Å². The maximum Gasteiger partial charge on any atom is 0.433 e. The number of aldehydes is 1. The number of nitrogens with zero attached hydrogens (tertiary/aromatic N) is 3. The fourth-order valence-electron chi connectivity index (χ4n) is 2.16. The lowest BCUT2D eigenvalue weighted by molar-refractivity contribution is -0.142. The average molecular weight is 321 g/mol. The van der Waals surface area contributed by atoms with E-state index >= 15 is 0 Å². The number of fused-ring (bicyclic) bond motifs is 1. The number of methoxy groups -OCH3 is 1. The first-order valence-electron chi connectivity index (χ1n) is 6.50. The molecular weight excluding hydrogens is 311 g/mol. The zero-order valence-corrected chi connectivity index (χ0v) is 11.8. The smallest absolute Gasteiger partial charge is 0.433 e. The lowest BCUT2D eigenvalue weighted by Gasteiger charge is -2.11. The third-order valence-corrected chi connectivity index (χ3v) is 3.24. The van der Waals surface area contributed by atoms with Gasteiger partial charge in [0.05, 0.1) is 12.8 Å². The van der Waals surface area contributed by atoms with Gasteiger partial charge in [-0.3, -0.25) is 4.79 Å². The van der Waals surface area contributed by atoms with Crippen molar-refractivity contribution in [2.24, 2.45) is 0 Å². The second kappa shape index (κ2) is 5.38. The number of halogens is 3. The van der Waals surface area contributed by atoms with E-state index in [0.29, 0.717) is 22.1 Å². The first kappa shape index (κ1) is 15.0. The summed E-state index contributed by atoms with van der Waals surface area (Å²) in [7, 11) is 1.49. The van der Waals surface area contributed by atoms with E-state index in [1.54, 1.807) is 24.3 Å². The Balaban J connectivity index is 2.22. The van der Waals surface area contributed by atoms with Crippen LogP contribution < -0.4 is 4.74 Å². The summed E-state index contributed by atoms with van der Waals surface area (Å²) >= 11 is 0. The van der Waals surface area contributed by atoms with Gasteiger partial charge in [-0.1, -0.05) is 0 Å². The molecule has 0 N–H and O–H groups in total. The predicted molar refractivity (Wildman–Crippen MR) is 75.4 cm³/mol. The molecule has 1 aromatic carbocycles. The van der Waals surface area contributed by atoms with E-state index in [2.05, 4.69) is 10.1 Å². The van der Waals surface area contributed by atoms with Crippen LogP contribution in [0.25, 0.3) is 16.9 Å². The maximum absolute atomic E-state index is 13.2. The monoisotopic (exact) mass is 321 g/mol. The average Bonchev–Trinajstić information content (AvgIpc) is 2.96. The van der Waals surface area contributed by atoms with E-state index in [1.165, 1.54) is 13.2 Å². The summed E-state index contributed by atoms with van der Waals surface area (Å²) in [5, 5.41) is 3.61. The first-order valence-corrected chi connectivity index (χ1v) is 6.50. The Bertz CT molecular complexity index is 870.